The molecular formula is C36H37F2N9O2. The minimum Gasteiger partial charge on any atom is -0.371 e. The second-order valence-electron chi connectivity index (χ2n) is 13.0. The molecule has 252 valence electrons. The Morgan fingerprint density at radius 3 is 2.59 bits per heavy atom. The zero-order valence-electron chi connectivity index (χ0n) is 27.9. The second kappa shape index (κ2) is 12.5. The third-order valence-electron chi connectivity index (χ3n) is 9.45. The summed E-state index contributed by atoms with van der Waals surface area (Å²) in [6, 6.07) is 11.4. The lowest BCUT2D eigenvalue weighted by Crippen LogP contribution is -2.54. The molecule has 5 aromatic rings. The highest BCUT2D eigenvalue weighted by Crippen LogP contribution is 2.38. The van der Waals surface area contributed by atoms with Crippen molar-refractivity contribution in [2.75, 3.05) is 43.0 Å². The van der Waals surface area contributed by atoms with E-state index in [9.17, 15) is 9.59 Å². The van der Waals surface area contributed by atoms with Gasteiger partial charge in [-0.05, 0) is 48.2 Å². The lowest BCUT2D eigenvalue weighted by molar-refractivity contribution is -0.126. The molecule has 0 spiro atoms. The predicted molar refractivity (Wildman–Crippen MR) is 184 cm³/mol. The molecule has 3 aromatic heterocycles. The van der Waals surface area contributed by atoms with Gasteiger partial charge in [-0.15, -0.1) is 5.10 Å². The van der Waals surface area contributed by atoms with E-state index in [-0.39, 0.29) is 47.0 Å². The molecule has 49 heavy (non-hydrogen) atoms. The predicted octanol–water partition coefficient (Wildman–Crippen LogP) is 4.70. The standard InChI is InChI=1S/C36H37F2N9O2/c1-6-30(48)44-14-16-46(22(4)19-44)34-26-18-28(38)32-31-23(9-7-11-27(31)37)17-24-20-45(42-41-24)15-13-43(5)29-12-8-10-25(21(2)3)33(29)47(35(26)39-32)36(49)40-34/h6-12,18,20-22H,1,13-17,19H2,2-5H3/t22-/m0/s1. The van der Waals surface area contributed by atoms with Crippen molar-refractivity contribution in [2.24, 2.45) is 0 Å². The molecule has 11 nitrogen and oxygen atoms in total. The summed E-state index contributed by atoms with van der Waals surface area (Å²) in [6.07, 6.45) is 3.28. The van der Waals surface area contributed by atoms with Gasteiger partial charge in [0.1, 0.15) is 23.1 Å². The van der Waals surface area contributed by atoms with Crippen molar-refractivity contribution in [2.45, 2.75) is 45.7 Å². The highest BCUT2D eigenvalue weighted by atomic mass is 19.1. The van der Waals surface area contributed by atoms with Gasteiger partial charge in [-0.1, -0.05) is 49.9 Å². The van der Waals surface area contributed by atoms with Gasteiger partial charge >= 0.3 is 5.69 Å². The maximum atomic E-state index is 16.6. The smallest absolute Gasteiger partial charge is 0.355 e. The van der Waals surface area contributed by atoms with Gasteiger partial charge in [0.25, 0.3) is 0 Å². The summed E-state index contributed by atoms with van der Waals surface area (Å²) in [4.78, 5) is 42.0. The summed E-state index contributed by atoms with van der Waals surface area (Å²) in [5, 5.41) is 8.90. The lowest BCUT2D eigenvalue weighted by Gasteiger charge is -2.40. The number of rotatable bonds is 3. The van der Waals surface area contributed by atoms with Gasteiger partial charge < -0.3 is 14.7 Å². The number of carbonyl (C=O) groups excluding carboxylic acids is 1. The molecular weight excluding hydrogens is 628 g/mol. The number of halogens is 2. The van der Waals surface area contributed by atoms with Crippen LogP contribution in [0.5, 0.6) is 0 Å². The van der Waals surface area contributed by atoms with Crippen molar-refractivity contribution in [3.05, 3.63) is 100 Å². The Morgan fingerprint density at radius 2 is 1.84 bits per heavy atom. The van der Waals surface area contributed by atoms with Gasteiger partial charge in [0.15, 0.2) is 5.65 Å². The van der Waals surface area contributed by atoms with E-state index in [0.29, 0.717) is 55.1 Å². The summed E-state index contributed by atoms with van der Waals surface area (Å²) >= 11 is 0. The van der Waals surface area contributed by atoms with Crippen molar-refractivity contribution >= 4 is 28.4 Å². The van der Waals surface area contributed by atoms with E-state index in [2.05, 4.69) is 21.9 Å². The Balaban J connectivity index is 1.56. The molecule has 0 unspecified atom stereocenters. The molecule has 5 heterocycles. The van der Waals surface area contributed by atoms with Crippen molar-refractivity contribution in [1.29, 1.82) is 0 Å². The molecule has 2 aliphatic heterocycles. The first-order valence-electron chi connectivity index (χ1n) is 16.4. The van der Waals surface area contributed by atoms with Crippen molar-refractivity contribution in [1.82, 2.24) is 34.4 Å². The highest BCUT2D eigenvalue weighted by Gasteiger charge is 2.31. The van der Waals surface area contributed by atoms with Gasteiger partial charge in [0.2, 0.25) is 5.91 Å². The summed E-state index contributed by atoms with van der Waals surface area (Å²) in [6.45, 7) is 11.7. The SMILES string of the molecule is C=CC(=O)N1CCN(c2nc(=O)n3c4nc(c(F)cc24)-c2c(F)cccc2Cc2cn(nn2)CCN(C)c2cccc(C(C)C)c2-3)[C@@H](C)C1. The van der Waals surface area contributed by atoms with Gasteiger partial charge in [0, 0.05) is 57.4 Å². The summed E-state index contributed by atoms with van der Waals surface area (Å²) in [5.41, 5.74) is 2.55. The van der Waals surface area contributed by atoms with Gasteiger partial charge in [-0.2, -0.15) is 4.98 Å². The van der Waals surface area contributed by atoms with E-state index in [0.717, 1.165) is 11.3 Å². The van der Waals surface area contributed by atoms with E-state index >= 15 is 8.78 Å². The van der Waals surface area contributed by atoms with Gasteiger partial charge in [0.05, 0.1) is 29.0 Å². The van der Waals surface area contributed by atoms with Crippen LogP contribution >= 0.6 is 0 Å². The van der Waals surface area contributed by atoms with Crippen LogP contribution in [0.25, 0.3) is 28.0 Å². The molecule has 0 N–H and O–H groups in total. The zero-order chi connectivity index (χ0) is 34.6. The van der Waals surface area contributed by atoms with E-state index in [1.807, 2.05) is 55.8 Å². The average Bonchev–Trinajstić information content (AvgIpc) is 3.53. The lowest BCUT2D eigenvalue weighted by atomic mass is 9.98. The van der Waals surface area contributed by atoms with Gasteiger partial charge in [-0.25, -0.2) is 23.1 Å². The molecule has 1 atom stereocenters. The van der Waals surface area contributed by atoms with Crippen molar-refractivity contribution in [3.63, 3.8) is 0 Å². The van der Waals surface area contributed by atoms with Crippen LogP contribution in [0.1, 0.15) is 43.5 Å². The summed E-state index contributed by atoms with van der Waals surface area (Å²) < 4.78 is 35.6. The average molecular weight is 666 g/mol. The Morgan fingerprint density at radius 1 is 1.04 bits per heavy atom. The maximum absolute atomic E-state index is 16.6. The van der Waals surface area contributed by atoms with E-state index < -0.39 is 17.3 Å². The number of amides is 1. The largest absolute Gasteiger partial charge is 0.371 e. The number of hydrogen-bond donors (Lipinski definition) is 0. The van der Waals surface area contributed by atoms with Gasteiger partial charge in [-0.3, -0.25) is 9.48 Å². The molecule has 13 heteroatoms. The van der Waals surface area contributed by atoms with Crippen LogP contribution in [-0.4, -0.2) is 79.6 Å². The zero-order valence-corrected chi connectivity index (χ0v) is 27.9. The molecule has 1 amide bonds. The normalized spacial score (nSPS) is 16.4. The van der Waals surface area contributed by atoms with Crippen LogP contribution in [0.15, 0.2) is 66.1 Å². The number of piperazine rings is 1. The molecule has 2 aromatic carbocycles. The fourth-order valence-corrected chi connectivity index (χ4v) is 6.95. The summed E-state index contributed by atoms with van der Waals surface area (Å²) in [5.74, 6) is -1.36. The second-order valence-corrected chi connectivity index (χ2v) is 13.0. The Kier molecular flexibility index (Phi) is 8.21. The topological polar surface area (TPSA) is 105 Å². The number of para-hydroxylation sites is 1. The first kappa shape index (κ1) is 32.1. The van der Waals surface area contributed by atoms with Crippen LogP contribution < -0.4 is 15.5 Å². The highest BCUT2D eigenvalue weighted by molar-refractivity contribution is 5.92. The third-order valence-corrected chi connectivity index (χ3v) is 9.45. The molecule has 1 fully saturated rings. The van der Waals surface area contributed by atoms with E-state index in [4.69, 9.17) is 4.98 Å². The summed E-state index contributed by atoms with van der Waals surface area (Å²) in [7, 11) is 1.93. The molecule has 7 rings (SSSR count). The van der Waals surface area contributed by atoms with Crippen LogP contribution in [0, 0.1) is 11.6 Å². The minimum atomic E-state index is -0.761. The number of benzene rings is 2. The molecule has 0 saturated carbocycles. The number of anilines is 2. The monoisotopic (exact) mass is 665 g/mol. The van der Waals surface area contributed by atoms with Crippen LogP contribution in [0.2, 0.25) is 0 Å². The molecule has 4 bridgehead atoms. The Bertz CT molecular complexity index is 2180. The van der Waals surface area contributed by atoms with E-state index in [1.54, 1.807) is 27.9 Å². The number of carbonyl (C=O) groups is 1. The van der Waals surface area contributed by atoms with Crippen LogP contribution in [0.4, 0.5) is 20.3 Å². The Labute approximate surface area is 282 Å². The fraction of sp³-hybridized carbons (Fsp3) is 0.333. The van der Waals surface area contributed by atoms with Crippen molar-refractivity contribution < 1.29 is 13.6 Å². The number of likely N-dealkylation sites (N-methyl/N-ethyl adjacent to an activating group) is 1. The Hall–Kier alpha value is -5.46. The molecule has 0 radical (unpaired) electrons. The molecule has 1 saturated heterocycles. The maximum Gasteiger partial charge on any atom is 0.355 e. The molecule has 0 aliphatic carbocycles. The first-order chi connectivity index (χ1) is 23.5. The quantitative estimate of drug-likeness (QED) is 0.256. The number of fused-ring (bicyclic) bond motifs is 7. The van der Waals surface area contributed by atoms with Crippen LogP contribution in [0.3, 0.4) is 0 Å². The third kappa shape index (κ3) is 5.62. The van der Waals surface area contributed by atoms with E-state index in [1.165, 1.54) is 22.8 Å². The molecule has 2 aliphatic rings. The van der Waals surface area contributed by atoms with Crippen LogP contribution in [-0.2, 0) is 17.8 Å². The van der Waals surface area contributed by atoms with Crippen molar-refractivity contribution in [3.8, 4) is 16.9 Å². The number of aromatic nitrogens is 6. The minimum absolute atomic E-state index is 0.0110. The number of pyridine rings is 1. The first-order valence-corrected chi connectivity index (χ1v) is 16.4. The fourth-order valence-electron chi connectivity index (χ4n) is 6.95. The number of hydrogen-bond acceptors (Lipinski definition) is 8. The number of nitrogens with zero attached hydrogens (tertiary/aromatic N) is 9.